The summed E-state index contributed by atoms with van der Waals surface area (Å²) in [6.07, 6.45) is 1.51. The van der Waals surface area contributed by atoms with E-state index >= 15 is 0 Å². The van der Waals surface area contributed by atoms with Crippen LogP contribution in [0.25, 0.3) is 5.57 Å². The molecule has 3 nitrogen and oxygen atoms in total. The number of hydrogen-bond donors (Lipinski definition) is 0. The molecule has 0 fully saturated rings. The fourth-order valence-electron chi connectivity index (χ4n) is 1.44. The van der Waals surface area contributed by atoms with Gasteiger partial charge in [-0.15, -0.1) is 0 Å². The lowest BCUT2D eigenvalue weighted by atomic mass is 10.1. The molecule has 0 amide bonds. The Balaban J connectivity index is 2.44. The maximum Gasteiger partial charge on any atom is 0.131 e. The predicted octanol–water partition coefficient (Wildman–Crippen LogP) is 1.99. The highest BCUT2D eigenvalue weighted by atomic mass is 16.5. The zero-order chi connectivity index (χ0) is 9.97. The lowest BCUT2D eigenvalue weighted by molar-refractivity contribution is 0.379. The van der Waals surface area contributed by atoms with Crippen molar-refractivity contribution in [2.75, 3.05) is 13.7 Å². The van der Waals surface area contributed by atoms with Crippen molar-refractivity contribution >= 4 is 5.57 Å². The largest absolute Gasteiger partial charge is 0.497 e. The molecule has 0 aromatic heterocycles. The molecule has 3 heteroatoms. The van der Waals surface area contributed by atoms with Gasteiger partial charge in [0.25, 0.3) is 0 Å². The van der Waals surface area contributed by atoms with Crippen LogP contribution < -0.4 is 9.47 Å². The first-order chi connectivity index (χ1) is 6.85. The number of benzene rings is 1. The van der Waals surface area contributed by atoms with Crippen molar-refractivity contribution in [3.05, 3.63) is 29.8 Å². The Hall–Kier alpha value is -1.95. The van der Waals surface area contributed by atoms with Crippen LogP contribution in [0.4, 0.5) is 0 Å². The minimum absolute atomic E-state index is 0.468. The molecule has 0 spiro atoms. The Bertz CT molecular complexity index is 429. The van der Waals surface area contributed by atoms with Crippen molar-refractivity contribution in [1.82, 2.24) is 0 Å². The number of ether oxygens (including phenoxy) is 2. The van der Waals surface area contributed by atoms with Gasteiger partial charge < -0.3 is 9.47 Å². The van der Waals surface area contributed by atoms with Crippen molar-refractivity contribution < 1.29 is 9.47 Å². The van der Waals surface area contributed by atoms with E-state index < -0.39 is 0 Å². The third-order valence-corrected chi connectivity index (χ3v) is 2.16. The molecule has 1 aliphatic heterocycles. The van der Waals surface area contributed by atoms with Crippen LogP contribution in [0.2, 0.25) is 0 Å². The summed E-state index contributed by atoms with van der Waals surface area (Å²) in [7, 11) is 1.61. The predicted molar refractivity (Wildman–Crippen MR) is 52.1 cm³/mol. The van der Waals surface area contributed by atoms with Gasteiger partial charge in [0.05, 0.1) is 13.2 Å². The molecular weight excluding hydrogens is 178 g/mol. The molecule has 0 saturated heterocycles. The number of hydrogen-bond acceptors (Lipinski definition) is 3. The molecule has 14 heavy (non-hydrogen) atoms. The minimum atomic E-state index is 0.468. The average molecular weight is 187 g/mol. The van der Waals surface area contributed by atoms with Gasteiger partial charge in [-0.05, 0) is 12.1 Å². The first-order valence-electron chi connectivity index (χ1n) is 4.25. The number of allylic oxidation sites excluding steroid dienone is 1. The van der Waals surface area contributed by atoms with Gasteiger partial charge in [0.2, 0.25) is 0 Å². The number of nitrogens with zero attached hydrogens (tertiary/aromatic N) is 1. The summed E-state index contributed by atoms with van der Waals surface area (Å²) < 4.78 is 10.5. The van der Waals surface area contributed by atoms with Gasteiger partial charge >= 0.3 is 0 Å². The van der Waals surface area contributed by atoms with E-state index in [2.05, 4.69) is 0 Å². The summed E-state index contributed by atoms with van der Waals surface area (Å²) in [4.78, 5) is 0. The zero-order valence-electron chi connectivity index (χ0n) is 7.78. The number of nitriles is 1. The molecule has 0 atom stereocenters. The minimum Gasteiger partial charge on any atom is -0.497 e. The van der Waals surface area contributed by atoms with Crippen LogP contribution in [0.3, 0.4) is 0 Å². The van der Waals surface area contributed by atoms with E-state index in [4.69, 9.17) is 14.7 Å². The van der Waals surface area contributed by atoms with Crippen LogP contribution in [0.1, 0.15) is 5.56 Å². The van der Waals surface area contributed by atoms with Gasteiger partial charge in [-0.25, -0.2) is 0 Å². The van der Waals surface area contributed by atoms with Crippen molar-refractivity contribution in [3.8, 4) is 17.6 Å². The van der Waals surface area contributed by atoms with Crippen molar-refractivity contribution in [2.24, 2.45) is 0 Å². The number of fused-ring (bicyclic) bond motifs is 1. The van der Waals surface area contributed by atoms with Crippen LogP contribution in [0.5, 0.6) is 11.5 Å². The Labute approximate surface area is 82.2 Å². The molecular formula is C11H9NO2. The Kier molecular flexibility index (Phi) is 2.11. The van der Waals surface area contributed by atoms with Gasteiger partial charge in [0.1, 0.15) is 18.1 Å². The van der Waals surface area contributed by atoms with Crippen LogP contribution >= 0.6 is 0 Å². The quantitative estimate of drug-likeness (QED) is 0.631. The lowest BCUT2D eigenvalue weighted by Crippen LogP contribution is -1.86. The highest BCUT2D eigenvalue weighted by molar-refractivity contribution is 5.76. The van der Waals surface area contributed by atoms with Crippen LogP contribution in [0.15, 0.2) is 24.3 Å². The fraction of sp³-hybridized carbons (Fsp3) is 0.182. The lowest BCUT2D eigenvalue weighted by Gasteiger charge is -2.01. The first-order valence-corrected chi connectivity index (χ1v) is 4.25. The molecule has 0 aliphatic carbocycles. The summed E-state index contributed by atoms with van der Waals surface area (Å²) >= 11 is 0. The van der Waals surface area contributed by atoms with Gasteiger partial charge in [0.15, 0.2) is 0 Å². The first kappa shape index (κ1) is 8.64. The molecule has 1 heterocycles. The van der Waals surface area contributed by atoms with Gasteiger partial charge in [0, 0.05) is 23.3 Å². The van der Waals surface area contributed by atoms with Crippen LogP contribution in [-0.4, -0.2) is 13.7 Å². The summed E-state index contributed by atoms with van der Waals surface area (Å²) in [6.45, 7) is 0.468. The third kappa shape index (κ3) is 1.31. The van der Waals surface area contributed by atoms with Gasteiger partial charge in [-0.3, -0.25) is 0 Å². The zero-order valence-corrected chi connectivity index (χ0v) is 7.78. The molecule has 1 aromatic carbocycles. The number of methoxy groups -OCH3 is 1. The Morgan fingerprint density at radius 3 is 3.14 bits per heavy atom. The highest BCUT2D eigenvalue weighted by Gasteiger charge is 2.17. The molecule has 1 aromatic rings. The maximum atomic E-state index is 8.55. The second kappa shape index (κ2) is 3.43. The molecule has 2 rings (SSSR count). The monoisotopic (exact) mass is 187 g/mol. The van der Waals surface area contributed by atoms with E-state index in [1.807, 2.05) is 24.3 Å². The van der Waals surface area contributed by atoms with Crippen LogP contribution in [0, 0.1) is 11.3 Å². The van der Waals surface area contributed by atoms with Crippen molar-refractivity contribution in [1.29, 1.82) is 5.26 Å². The molecule has 70 valence electrons. The molecule has 0 radical (unpaired) electrons. The van der Waals surface area contributed by atoms with E-state index in [0.29, 0.717) is 6.61 Å². The van der Waals surface area contributed by atoms with Crippen molar-refractivity contribution in [3.63, 3.8) is 0 Å². The average Bonchev–Trinajstić information content (AvgIpc) is 2.61. The standard InChI is InChI=1S/C11H9NO2/c1-13-9-2-3-10-8(4-5-12)7-14-11(10)6-9/h2-4,6H,7H2,1H3/b8-4-. The highest BCUT2D eigenvalue weighted by Crippen LogP contribution is 2.35. The number of rotatable bonds is 1. The van der Waals surface area contributed by atoms with E-state index in [0.717, 1.165) is 22.6 Å². The second-order valence-electron chi connectivity index (χ2n) is 2.95. The van der Waals surface area contributed by atoms with Crippen molar-refractivity contribution in [2.45, 2.75) is 0 Å². The summed E-state index contributed by atoms with van der Waals surface area (Å²) in [5, 5.41) is 8.55. The topological polar surface area (TPSA) is 42.2 Å². The third-order valence-electron chi connectivity index (χ3n) is 2.16. The Morgan fingerprint density at radius 1 is 1.57 bits per heavy atom. The van der Waals surface area contributed by atoms with E-state index in [9.17, 15) is 0 Å². The SMILES string of the molecule is COc1ccc2c(c1)OC/C2=C/C#N. The maximum absolute atomic E-state index is 8.55. The van der Waals surface area contributed by atoms with E-state index in [-0.39, 0.29) is 0 Å². The molecule has 0 N–H and O–H groups in total. The van der Waals surface area contributed by atoms with Gasteiger partial charge in [-0.2, -0.15) is 5.26 Å². The smallest absolute Gasteiger partial charge is 0.131 e. The molecule has 0 saturated carbocycles. The molecule has 1 aliphatic rings. The summed E-state index contributed by atoms with van der Waals surface area (Å²) in [5.41, 5.74) is 1.90. The normalized spacial score (nSPS) is 15.9. The molecule has 0 unspecified atom stereocenters. The van der Waals surface area contributed by atoms with E-state index in [1.54, 1.807) is 7.11 Å². The second-order valence-corrected chi connectivity index (χ2v) is 2.95. The fourth-order valence-corrected chi connectivity index (χ4v) is 1.44. The summed E-state index contributed by atoms with van der Waals surface area (Å²) in [5.74, 6) is 1.55. The van der Waals surface area contributed by atoms with Gasteiger partial charge in [-0.1, -0.05) is 0 Å². The van der Waals surface area contributed by atoms with Crippen LogP contribution in [-0.2, 0) is 0 Å². The Morgan fingerprint density at radius 2 is 2.43 bits per heavy atom. The van der Waals surface area contributed by atoms with E-state index in [1.165, 1.54) is 6.08 Å². The summed E-state index contributed by atoms with van der Waals surface area (Å²) in [6, 6.07) is 7.60. The molecule has 0 bridgehead atoms.